The maximum absolute atomic E-state index is 12.5. The normalized spacial score (nSPS) is 11.7. The molecule has 0 aliphatic carbocycles. The Hall–Kier alpha value is -3.78. The van der Waals surface area contributed by atoms with Crippen molar-refractivity contribution in [1.29, 1.82) is 0 Å². The minimum Gasteiger partial charge on any atom is -0.449 e. The Morgan fingerprint density at radius 3 is 2.44 bits per heavy atom. The van der Waals surface area contributed by atoms with Crippen LogP contribution in [0.5, 0.6) is 0 Å². The molecule has 1 N–H and O–H groups in total. The number of carbonyl (C=O) groups excluding carboxylic acids is 2. The molecule has 8 heteroatoms. The third-order valence-electron chi connectivity index (χ3n) is 4.81. The molecule has 2 aromatic heterocycles. The molecule has 2 aromatic carbocycles. The first-order chi connectivity index (χ1) is 15.4. The Balaban J connectivity index is 1.36. The van der Waals surface area contributed by atoms with Crippen LogP contribution >= 0.6 is 11.3 Å². The van der Waals surface area contributed by atoms with E-state index in [1.165, 1.54) is 18.3 Å². The number of nitrogens with one attached hydrogen (secondary N) is 1. The second kappa shape index (κ2) is 9.15. The summed E-state index contributed by atoms with van der Waals surface area (Å²) < 4.78 is 7.14. The van der Waals surface area contributed by atoms with Gasteiger partial charge in [-0.2, -0.15) is 5.10 Å². The largest absolute Gasteiger partial charge is 0.449 e. The van der Waals surface area contributed by atoms with E-state index in [1.54, 1.807) is 28.9 Å². The number of esters is 1. The lowest BCUT2D eigenvalue weighted by Crippen LogP contribution is -2.30. The van der Waals surface area contributed by atoms with E-state index in [2.05, 4.69) is 15.4 Å². The van der Waals surface area contributed by atoms with Crippen LogP contribution in [0.2, 0.25) is 0 Å². The molecule has 0 bridgehead atoms. The van der Waals surface area contributed by atoms with Crippen LogP contribution in [0, 0.1) is 13.8 Å². The van der Waals surface area contributed by atoms with Gasteiger partial charge in [-0.25, -0.2) is 14.5 Å². The smallest absolute Gasteiger partial charge is 0.338 e. The van der Waals surface area contributed by atoms with E-state index in [1.807, 2.05) is 55.6 Å². The van der Waals surface area contributed by atoms with Gasteiger partial charge in [0.05, 0.1) is 22.6 Å². The molecule has 0 unspecified atom stereocenters. The van der Waals surface area contributed by atoms with Gasteiger partial charge in [-0.15, -0.1) is 11.3 Å². The van der Waals surface area contributed by atoms with E-state index in [9.17, 15) is 9.59 Å². The fraction of sp³-hybridized carbons (Fsp3) is 0.167. The van der Waals surface area contributed by atoms with Crippen LogP contribution in [-0.2, 0) is 9.53 Å². The first-order valence-electron chi connectivity index (χ1n) is 10.1. The molecule has 2 heterocycles. The number of nitrogens with zero attached hydrogens (tertiary/aromatic N) is 3. The van der Waals surface area contributed by atoms with E-state index in [0.717, 1.165) is 28.3 Å². The van der Waals surface area contributed by atoms with Gasteiger partial charge in [-0.05, 0) is 51.1 Å². The van der Waals surface area contributed by atoms with E-state index >= 15 is 0 Å². The lowest BCUT2D eigenvalue weighted by Gasteiger charge is -2.12. The van der Waals surface area contributed by atoms with E-state index < -0.39 is 18.0 Å². The first-order valence-corrected chi connectivity index (χ1v) is 10.9. The zero-order valence-corrected chi connectivity index (χ0v) is 18.7. The highest BCUT2D eigenvalue weighted by Crippen LogP contribution is 2.24. The molecule has 162 valence electrons. The Kier molecular flexibility index (Phi) is 6.13. The van der Waals surface area contributed by atoms with E-state index in [0.29, 0.717) is 10.7 Å². The fourth-order valence-electron chi connectivity index (χ4n) is 3.19. The Morgan fingerprint density at radius 1 is 1.06 bits per heavy atom. The van der Waals surface area contributed by atoms with Crippen molar-refractivity contribution in [2.75, 3.05) is 5.32 Å². The van der Waals surface area contributed by atoms with Crippen molar-refractivity contribution >= 4 is 28.3 Å². The van der Waals surface area contributed by atoms with Crippen molar-refractivity contribution < 1.29 is 14.3 Å². The van der Waals surface area contributed by atoms with Crippen molar-refractivity contribution in [2.24, 2.45) is 0 Å². The second-order valence-corrected chi connectivity index (χ2v) is 8.18. The predicted molar refractivity (Wildman–Crippen MR) is 124 cm³/mol. The summed E-state index contributed by atoms with van der Waals surface area (Å²) in [5.41, 5.74) is 4.86. The summed E-state index contributed by atoms with van der Waals surface area (Å²) >= 11 is 1.32. The summed E-state index contributed by atoms with van der Waals surface area (Å²) in [5.74, 6) is -1.01. The topological polar surface area (TPSA) is 86.1 Å². The molecule has 1 atom stereocenters. The van der Waals surface area contributed by atoms with Gasteiger partial charge in [0.2, 0.25) is 0 Å². The molecule has 0 aliphatic rings. The number of hydrogen-bond acceptors (Lipinski definition) is 6. The number of anilines is 1. The van der Waals surface area contributed by atoms with Crippen LogP contribution in [0.25, 0.3) is 16.9 Å². The van der Waals surface area contributed by atoms with Crippen molar-refractivity contribution in [3.63, 3.8) is 0 Å². The number of thiazole rings is 1. The van der Waals surface area contributed by atoms with Crippen LogP contribution in [0.1, 0.15) is 28.7 Å². The Labute approximate surface area is 189 Å². The van der Waals surface area contributed by atoms with Gasteiger partial charge in [0.15, 0.2) is 11.2 Å². The number of ether oxygens (including phenoxy) is 1. The molecular weight excluding hydrogens is 424 g/mol. The van der Waals surface area contributed by atoms with Gasteiger partial charge in [0.25, 0.3) is 5.91 Å². The average molecular weight is 447 g/mol. The van der Waals surface area contributed by atoms with Crippen molar-refractivity contribution in [1.82, 2.24) is 14.8 Å². The van der Waals surface area contributed by atoms with Crippen LogP contribution in [0.4, 0.5) is 5.13 Å². The highest BCUT2D eigenvalue weighted by molar-refractivity contribution is 7.14. The average Bonchev–Trinajstić information content (AvgIpc) is 3.40. The second-order valence-electron chi connectivity index (χ2n) is 7.33. The number of hydrogen-bond donors (Lipinski definition) is 1. The molecule has 0 aliphatic heterocycles. The lowest BCUT2D eigenvalue weighted by atomic mass is 10.2. The minimum absolute atomic E-state index is 0.357. The SMILES string of the molecule is Cc1cc(C)n(-c2ccc(C(=O)O[C@H](C)C(=O)Nc3nc(-c4ccccc4)cs3)cc2)n1. The summed E-state index contributed by atoms with van der Waals surface area (Å²) in [6.45, 7) is 5.42. The minimum atomic E-state index is -0.970. The quantitative estimate of drug-likeness (QED) is 0.430. The zero-order chi connectivity index (χ0) is 22.7. The summed E-state index contributed by atoms with van der Waals surface area (Å²) in [5, 5.41) is 9.45. The summed E-state index contributed by atoms with van der Waals surface area (Å²) in [6.07, 6.45) is -0.970. The van der Waals surface area contributed by atoms with E-state index in [-0.39, 0.29) is 0 Å². The van der Waals surface area contributed by atoms with Gasteiger partial charge in [0.1, 0.15) is 0 Å². The predicted octanol–water partition coefficient (Wildman–Crippen LogP) is 4.80. The van der Waals surface area contributed by atoms with Crippen LogP contribution < -0.4 is 5.32 Å². The fourth-order valence-corrected chi connectivity index (χ4v) is 3.91. The third kappa shape index (κ3) is 4.76. The number of amides is 1. The Morgan fingerprint density at radius 2 is 1.78 bits per heavy atom. The molecule has 0 fully saturated rings. The molecule has 4 rings (SSSR count). The van der Waals surface area contributed by atoms with Crippen molar-refractivity contribution in [3.8, 4) is 16.9 Å². The molecule has 4 aromatic rings. The molecule has 0 radical (unpaired) electrons. The molecule has 1 amide bonds. The Bertz CT molecular complexity index is 1250. The van der Waals surface area contributed by atoms with Gasteiger partial charge in [0, 0.05) is 16.6 Å². The number of rotatable bonds is 6. The van der Waals surface area contributed by atoms with Crippen molar-refractivity contribution in [2.45, 2.75) is 26.9 Å². The molecular formula is C24H22N4O3S. The number of aromatic nitrogens is 3. The summed E-state index contributed by atoms with van der Waals surface area (Å²) in [6, 6.07) is 18.6. The maximum atomic E-state index is 12.5. The summed E-state index contributed by atoms with van der Waals surface area (Å²) in [7, 11) is 0. The number of aryl methyl sites for hydroxylation is 2. The maximum Gasteiger partial charge on any atom is 0.338 e. The number of benzene rings is 2. The molecule has 32 heavy (non-hydrogen) atoms. The molecule has 0 spiro atoms. The zero-order valence-electron chi connectivity index (χ0n) is 17.9. The van der Waals surface area contributed by atoms with Gasteiger partial charge in [-0.1, -0.05) is 30.3 Å². The highest BCUT2D eigenvalue weighted by Gasteiger charge is 2.20. The standard InChI is InChI=1S/C24H22N4O3S/c1-15-13-16(2)28(27-15)20-11-9-19(10-12-20)23(30)31-17(3)22(29)26-24-25-21(14-32-24)18-7-5-4-6-8-18/h4-14,17H,1-3H3,(H,25,26,29)/t17-/m1/s1. The van der Waals surface area contributed by atoms with Gasteiger partial charge >= 0.3 is 5.97 Å². The van der Waals surface area contributed by atoms with E-state index in [4.69, 9.17) is 4.74 Å². The molecule has 0 saturated carbocycles. The number of carbonyl (C=O) groups is 2. The van der Waals surface area contributed by atoms with Gasteiger partial charge in [-0.3, -0.25) is 10.1 Å². The van der Waals surface area contributed by atoms with Crippen LogP contribution in [0.15, 0.2) is 66.0 Å². The monoisotopic (exact) mass is 446 g/mol. The third-order valence-corrected chi connectivity index (χ3v) is 5.57. The molecule has 7 nitrogen and oxygen atoms in total. The van der Waals surface area contributed by atoms with Gasteiger partial charge < -0.3 is 4.74 Å². The van der Waals surface area contributed by atoms with Crippen LogP contribution in [-0.4, -0.2) is 32.7 Å². The summed E-state index contributed by atoms with van der Waals surface area (Å²) in [4.78, 5) is 29.4. The molecule has 0 saturated heterocycles. The lowest BCUT2D eigenvalue weighted by molar-refractivity contribution is -0.123. The van der Waals surface area contributed by atoms with Crippen molar-refractivity contribution in [3.05, 3.63) is 83.0 Å². The first kappa shape index (κ1) is 21.5. The van der Waals surface area contributed by atoms with Crippen LogP contribution in [0.3, 0.4) is 0 Å². The highest BCUT2D eigenvalue weighted by atomic mass is 32.1.